The molecule has 0 unspecified atom stereocenters. The molecule has 1 aromatic heterocycles. The van der Waals surface area contributed by atoms with Crippen LogP contribution in [0.2, 0.25) is 0 Å². The highest BCUT2D eigenvalue weighted by atomic mass is 32.2. The zero-order valence-corrected chi connectivity index (χ0v) is 16.0. The summed E-state index contributed by atoms with van der Waals surface area (Å²) in [5, 5.41) is 4.38. The third-order valence-corrected chi connectivity index (χ3v) is 4.67. The van der Waals surface area contributed by atoms with Gasteiger partial charge in [-0.2, -0.15) is 5.10 Å². The number of rotatable bonds is 6. The molecule has 0 bridgehead atoms. The predicted octanol–water partition coefficient (Wildman–Crippen LogP) is 4.47. The van der Waals surface area contributed by atoms with E-state index in [1.165, 1.54) is 9.58 Å². The van der Waals surface area contributed by atoms with E-state index in [1.54, 1.807) is 18.0 Å². The first-order valence-corrected chi connectivity index (χ1v) is 9.76. The molecule has 0 amide bonds. The number of nitrogens with zero attached hydrogens (tertiary/aromatic N) is 2. The molecule has 0 aliphatic heterocycles. The summed E-state index contributed by atoms with van der Waals surface area (Å²) < 4.78 is 7.34. The predicted molar refractivity (Wildman–Crippen MR) is 107 cm³/mol. The molecule has 0 saturated heterocycles. The minimum Gasteiger partial charge on any atom is -0.485 e. The number of thioether (sulfide) groups is 1. The van der Waals surface area contributed by atoms with E-state index < -0.39 is 0 Å². The van der Waals surface area contributed by atoms with Gasteiger partial charge in [-0.3, -0.25) is 4.79 Å². The van der Waals surface area contributed by atoms with E-state index in [0.717, 1.165) is 16.7 Å². The zero-order chi connectivity index (χ0) is 18.5. The highest BCUT2D eigenvalue weighted by Crippen LogP contribution is 2.28. The van der Waals surface area contributed by atoms with E-state index in [9.17, 15) is 4.79 Å². The summed E-state index contributed by atoms with van der Waals surface area (Å²) in [5.41, 5.74) is 2.46. The van der Waals surface area contributed by atoms with Gasteiger partial charge in [-0.05, 0) is 43.4 Å². The Balaban J connectivity index is 2.04. The van der Waals surface area contributed by atoms with Gasteiger partial charge in [-0.15, -0.1) is 11.8 Å². The van der Waals surface area contributed by atoms with Crippen LogP contribution in [0, 0.1) is 0 Å². The molecule has 0 aliphatic rings. The lowest BCUT2D eigenvalue weighted by Gasteiger charge is -2.15. The third kappa shape index (κ3) is 4.17. The SMILES string of the molecule is CSc1ccc(-c2cnn(Cc3ccccc3)c(=O)c2OC(C)C)cc1. The Morgan fingerprint density at radius 1 is 1.08 bits per heavy atom. The van der Waals surface area contributed by atoms with Crippen molar-refractivity contribution < 1.29 is 4.74 Å². The maximum absolute atomic E-state index is 13.0. The minimum atomic E-state index is -0.214. The van der Waals surface area contributed by atoms with Gasteiger partial charge < -0.3 is 4.74 Å². The Labute approximate surface area is 157 Å². The zero-order valence-electron chi connectivity index (χ0n) is 15.2. The second-order valence-electron chi connectivity index (χ2n) is 6.23. The van der Waals surface area contributed by atoms with E-state index in [2.05, 4.69) is 5.10 Å². The van der Waals surface area contributed by atoms with E-state index >= 15 is 0 Å². The normalized spacial score (nSPS) is 10.9. The number of hydrogen-bond donors (Lipinski definition) is 0. The summed E-state index contributed by atoms with van der Waals surface area (Å²) in [6.45, 7) is 4.25. The number of ether oxygens (including phenoxy) is 1. The molecule has 0 fully saturated rings. The highest BCUT2D eigenvalue weighted by Gasteiger charge is 2.16. The van der Waals surface area contributed by atoms with Crippen molar-refractivity contribution >= 4 is 11.8 Å². The van der Waals surface area contributed by atoms with Crippen LogP contribution in [0.15, 0.2) is 70.5 Å². The maximum atomic E-state index is 13.0. The van der Waals surface area contributed by atoms with Crippen LogP contribution in [0.5, 0.6) is 5.75 Å². The molecule has 26 heavy (non-hydrogen) atoms. The maximum Gasteiger partial charge on any atom is 0.310 e. The fraction of sp³-hybridized carbons (Fsp3) is 0.238. The second-order valence-corrected chi connectivity index (χ2v) is 7.11. The lowest BCUT2D eigenvalue weighted by atomic mass is 10.1. The van der Waals surface area contributed by atoms with Crippen molar-refractivity contribution in [3.8, 4) is 16.9 Å². The molecule has 134 valence electrons. The van der Waals surface area contributed by atoms with Crippen LogP contribution in [-0.4, -0.2) is 22.1 Å². The van der Waals surface area contributed by atoms with Crippen LogP contribution < -0.4 is 10.3 Å². The monoisotopic (exact) mass is 366 g/mol. The largest absolute Gasteiger partial charge is 0.485 e. The molecule has 0 spiro atoms. The molecule has 5 heteroatoms. The molecule has 0 aliphatic carbocycles. The number of hydrogen-bond acceptors (Lipinski definition) is 4. The van der Waals surface area contributed by atoms with E-state index in [-0.39, 0.29) is 11.7 Å². The molecule has 0 N–H and O–H groups in total. The lowest BCUT2D eigenvalue weighted by Crippen LogP contribution is -2.27. The van der Waals surface area contributed by atoms with Crippen molar-refractivity contribution in [3.05, 3.63) is 76.7 Å². The fourth-order valence-electron chi connectivity index (χ4n) is 2.67. The fourth-order valence-corrected chi connectivity index (χ4v) is 3.07. The lowest BCUT2D eigenvalue weighted by molar-refractivity contribution is 0.237. The van der Waals surface area contributed by atoms with E-state index in [1.807, 2.05) is 74.7 Å². The van der Waals surface area contributed by atoms with Gasteiger partial charge in [-0.25, -0.2) is 4.68 Å². The smallest absolute Gasteiger partial charge is 0.310 e. The van der Waals surface area contributed by atoms with Crippen LogP contribution >= 0.6 is 11.8 Å². The van der Waals surface area contributed by atoms with Gasteiger partial charge in [0, 0.05) is 10.5 Å². The Bertz CT molecular complexity index is 919. The Morgan fingerprint density at radius 3 is 2.38 bits per heavy atom. The van der Waals surface area contributed by atoms with Crippen molar-refractivity contribution in [1.82, 2.24) is 9.78 Å². The van der Waals surface area contributed by atoms with Crippen LogP contribution in [0.1, 0.15) is 19.4 Å². The van der Waals surface area contributed by atoms with Crippen LogP contribution in [0.4, 0.5) is 0 Å². The summed E-state index contributed by atoms with van der Waals surface area (Å²) >= 11 is 1.68. The quantitative estimate of drug-likeness (QED) is 0.604. The van der Waals surface area contributed by atoms with Gasteiger partial charge in [-0.1, -0.05) is 42.5 Å². The Kier molecular flexibility index (Phi) is 5.78. The van der Waals surface area contributed by atoms with Crippen molar-refractivity contribution in [3.63, 3.8) is 0 Å². The molecule has 3 rings (SSSR count). The third-order valence-electron chi connectivity index (χ3n) is 3.93. The molecule has 0 saturated carbocycles. The van der Waals surface area contributed by atoms with Gasteiger partial charge in [0.15, 0.2) is 5.75 Å². The van der Waals surface area contributed by atoms with Gasteiger partial charge in [0.2, 0.25) is 0 Å². The van der Waals surface area contributed by atoms with Crippen LogP contribution in [0.25, 0.3) is 11.1 Å². The first kappa shape index (κ1) is 18.3. The molecule has 2 aromatic carbocycles. The average molecular weight is 366 g/mol. The Morgan fingerprint density at radius 2 is 1.77 bits per heavy atom. The van der Waals surface area contributed by atoms with Gasteiger partial charge in [0.05, 0.1) is 18.8 Å². The first-order chi connectivity index (χ1) is 12.6. The summed E-state index contributed by atoms with van der Waals surface area (Å²) in [4.78, 5) is 14.2. The number of aromatic nitrogens is 2. The van der Waals surface area contributed by atoms with Crippen molar-refractivity contribution in [2.45, 2.75) is 31.4 Å². The standard InChI is InChI=1S/C21H22N2O2S/c1-15(2)25-20-19(17-9-11-18(26-3)12-10-17)13-22-23(21(20)24)14-16-7-5-4-6-8-16/h4-13,15H,14H2,1-3H3. The average Bonchev–Trinajstić information content (AvgIpc) is 2.66. The molecule has 4 nitrogen and oxygen atoms in total. The molecule has 3 aromatic rings. The van der Waals surface area contributed by atoms with Gasteiger partial charge in [0.25, 0.3) is 0 Å². The summed E-state index contributed by atoms with van der Waals surface area (Å²) in [6, 6.07) is 17.9. The van der Waals surface area contributed by atoms with E-state index in [4.69, 9.17) is 4.74 Å². The van der Waals surface area contributed by atoms with Crippen molar-refractivity contribution in [2.75, 3.05) is 6.26 Å². The van der Waals surface area contributed by atoms with E-state index in [0.29, 0.717) is 12.3 Å². The molecule has 1 heterocycles. The van der Waals surface area contributed by atoms with Crippen LogP contribution in [0.3, 0.4) is 0 Å². The molecule has 0 radical (unpaired) electrons. The Hall–Kier alpha value is -2.53. The highest BCUT2D eigenvalue weighted by molar-refractivity contribution is 7.98. The summed E-state index contributed by atoms with van der Waals surface area (Å²) in [6.07, 6.45) is 3.66. The van der Waals surface area contributed by atoms with Crippen molar-refractivity contribution in [1.29, 1.82) is 0 Å². The summed E-state index contributed by atoms with van der Waals surface area (Å²) in [7, 11) is 0. The topological polar surface area (TPSA) is 44.1 Å². The van der Waals surface area contributed by atoms with Gasteiger partial charge >= 0.3 is 5.56 Å². The van der Waals surface area contributed by atoms with Crippen molar-refractivity contribution in [2.24, 2.45) is 0 Å². The minimum absolute atomic E-state index is 0.0977. The summed E-state index contributed by atoms with van der Waals surface area (Å²) in [5.74, 6) is 0.350. The molecule has 0 atom stereocenters. The van der Waals surface area contributed by atoms with Gasteiger partial charge in [0.1, 0.15) is 0 Å². The first-order valence-electron chi connectivity index (χ1n) is 8.53. The second kappa shape index (κ2) is 8.23. The van der Waals surface area contributed by atoms with Crippen LogP contribution in [-0.2, 0) is 6.54 Å². The number of benzene rings is 2. The molecular weight excluding hydrogens is 344 g/mol. The molecular formula is C21H22N2O2S.